The summed E-state index contributed by atoms with van der Waals surface area (Å²) in [5.74, 6) is -0.978. The Morgan fingerprint density at radius 1 is 1.07 bits per heavy atom. The van der Waals surface area contributed by atoms with E-state index in [1.807, 2.05) is 0 Å². The summed E-state index contributed by atoms with van der Waals surface area (Å²) in [6, 6.07) is 14.0. The van der Waals surface area contributed by atoms with Crippen LogP contribution >= 0.6 is 11.3 Å². The number of sulfonamides is 1. The van der Waals surface area contributed by atoms with E-state index in [4.69, 9.17) is 0 Å². The maximum Gasteiger partial charge on any atom is 0.253 e. The van der Waals surface area contributed by atoms with E-state index in [2.05, 4.69) is 4.98 Å². The Hall–Kier alpha value is -2.88. The van der Waals surface area contributed by atoms with Gasteiger partial charge in [-0.25, -0.2) is 13.3 Å². The summed E-state index contributed by atoms with van der Waals surface area (Å²) in [6.45, 7) is -0.0552. The Morgan fingerprint density at radius 2 is 1.86 bits per heavy atom. The van der Waals surface area contributed by atoms with Gasteiger partial charge in [-0.3, -0.25) is 14.6 Å². The number of hydrogen-bond donors (Lipinski definition) is 0. The molecule has 2 aromatic heterocycles. The molecule has 29 heavy (non-hydrogen) atoms. The Morgan fingerprint density at radius 3 is 2.52 bits per heavy atom. The van der Waals surface area contributed by atoms with E-state index in [1.54, 1.807) is 66.3 Å². The van der Waals surface area contributed by atoms with Crippen molar-refractivity contribution in [2.24, 2.45) is 0 Å². The van der Waals surface area contributed by atoms with E-state index in [0.29, 0.717) is 11.3 Å². The molecule has 3 aromatic rings. The maximum absolute atomic E-state index is 13.3. The highest BCUT2D eigenvalue weighted by Gasteiger charge is 2.47. The third-order valence-corrected chi connectivity index (χ3v) is 7.83. The van der Waals surface area contributed by atoms with Crippen molar-refractivity contribution in [1.82, 2.24) is 9.29 Å². The number of nitrogens with zero attached hydrogens (tertiary/aromatic N) is 3. The number of benzene rings is 1. The largest absolute Gasteiger partial charge is 0.274 e. The minimum Gasteiger partial charge on any atom is -0.274 e. The summed E-state index contributed by atoms with van der Waals surface area (Å²) in [4.78, 5) is 30.9. The molecule has 9 heteroatoms. The molecule has 7 nitrogen and oxygen atoms in total. The lowest BCUT2D eigenvalue weighted by molar-refractivity contribution is -0.122. The Labute approximate surface area is 172 Å². The zero-order chi connectivity index (χ0) is 20.4. The molecule has 2 amide bonds. The van der Waals surface area contributed by atoms with Crippen LogP contribution in [0, 0.1) is 0 Å². The maximum atomic E-state index is 13.3. The number of thiophene rings is 1. The molecule has 1 saturated heterocycles. The number of para-hydroxylation sites is 1. The lowest BCUT2D eigenvalue weighted by atomic mass is 10.2. The van der Waals surface area contributed by atoms with Gasteiger partial charge in [0.05, 0.1) is 12.1 Å². The summed E-state index contributed by atoms with van der Waals surface area (Å²) in [7, 11) is -3.98. The predicted molar refractivity (Wildman–Crippen MR) is 109 cm³/mol. The molecule has 0 N–H and O–H groups in total. The van der Waals surface area contributed by atoms with E-state index in [9.17, 15) is 18.0 Å². The number of pyridine rings is 1. The summed E-state index contributed by atoms with van der Waals surface area (Å²) in [6.07, 6.45) is 2.93. The second-order valence-corrected chi connectivity index (χ2v) is 9.53. The van der Waals surface area contributed by atoms with Crippen LogP contribution < -0.4 is 4.90 Å². The normalized spacial score (nSPS) is 17.3. The van der Waals surface area contributed by atoms with Crippen molar-refractivity contribution in [3.8, 4) is 0 Å². The Kier molecular flexibility index (Phi) is 5.27. The van der Waals surface area contributed by atoms with Crippen molar-refractivity contribution in [3.05, 3.63) is 77.9 Å². The summed E-state index contributed by atoms with van der Waals surface area (Å²) in [5.41, 5.74) is 1.06. The molecular weight excluding hydrogens is 410 g/mol. The van der Waals surface area contributed by atoms with Gasteiger partial charge in [0.1, 0.15) is 10.3 Å². The van der Waals surface area contributed by atoms with Gasteiger partial charge in [0.25, 0.3) is 15.9 Å². The van der Waals surface area contributed by atoms with Gasteiger partial charge in [-0.1, -0.05) is 30.3 Å². The molecule has 1 aliphatic rings. The fraction of sp³-hybridized carbons (Fsp3) is 0.150. The number of amides is 2. The Balaban J connectivity index is 1.73. The number of anilines is 1. The molecule has 3 heterocycles. The zero-order valence-electron chi connectivity index (χ0n) is 15.2. The van der Waals surface area contributed by atoms with Gasteiger partial charge in [0.2, 0.25) is 5.91 Å². The van der Waals surface area contributed by atoms with Crippen LogP contribution in [0.3, 0.4) is 0 Å². The van der Waals surface area contributed by atoms with E-state index in [-0.39, 0.29) is 17.2 Å². The van der Waals surface area contributed by atoms with Crippen molar-refractivity contribution in [3.63, 3.8) is 0 Å². The van der Waals surface area contributed by atoms with Crippen LogP contribution in [0.5, 0.6) is 0 Å². The number of hydrogen-bond acceptors (Lipinski definition) is 6. The number of carbonyl (C=O) groups excluding carboxylic acids is 2. The molecule has 0 bridgehead atoms. The topological polar surface area (TPSA) is 87.6 Å². The van der Waals surface area contributed by atoms with Crippen LogP contribution in [0.15, 0.2) is 76.6 Å². The SMILES string of the molecule is O=C1CC(N(Cc2cccnc2)S(=O)(=O)c2cccs2)C(=O)N1c1ccccc1. The van der Waals surface area contributed by atoms with Crippen molar-refractivity contribution in [2.75, 3.05) is 4.90 Å². The predicted octanol–water partition coefficient (Wildman–Crippen LogP) is 2.67. The van der Waals surface area contributed by atoms with Crippen LogP contribution in [0.2, 0.25) is 0 Å². The van der Waals surface area contributed by atoms with Crippen LogP contribution in [0.25, 0.3) is 0 Å². The lowest BCUT2D eigenvalue weighted by Gasteiger charge is -2.26. The highest BCUT2D eigenvalue weighted by atomic mass is 32.2. The van der Waals surface area contributed by atoms with Crippen LogP contribution in [-0.4, -0.2) is 35.6 Å². The number of aromatic nitrogens is 1. The van der Waals surface area contributed by atoms with E-state index >= 15 is 0 Å². The molecule has 1 unspecified atom stereocenters. The highest BCUT2D eigenvalue weighted by molar-refractivity contribution is 7.91. The average molecular weight is 428 g/mol. The van der Waals surface area contributed by atoms with Crippen molar-refractivity contribution >= 4 is 38.9 Å². The van der Waals surface area contributed by atoms with Gasteiger partial charge in [-0.15, -0.1) is 11.3 Å². The summed E-state index contributed by atoms with van der Waals surface area (Å²) in [5, 5.41) is 1.66. The van der Waals surface area contributed by atoms with Gasteiger partial charge in [-0.05, 0) is 35.2 Å². The van der Waals surface area contributed by atoms with Crippen LogP contribution in [0.4, 0.5) is 5.69 Å². The molecule has 1 aliphatic heterocycles. The minimum atomic E-state index is -3.98. The molecule has 1 atom stereocenters. The molecule has 1 aromatic carbocycles. The lowest BCUT2D eigenvalue weighted by Crippen LogP contribution is -2.44. The van der Waals surface area contributed by atoms with E-state index < -0.39 is 27.9 Å². The average Bonchev–Trinajstić information content (AvgIpc) is 3.36. The van der Waals surface area contributed by atoms with Crippen molar-refractivity contribution in [1.29, 1.82) is 0 Å². The van der Waals surface area contributed by atoms with Crippen LogP contribution in [0.1, 0.15) is 12.0 Å². The quantitative estimate of drug-likeness (QED) is 0.565. The molecular formula is C20H17N3O4S2. The van der Waals surface area contributed by atoms with Crippen LogP contribution in [-0.2, 0) is 26.2 Å². The number of carbonyl (C=O) groups is 2. The second-order valence-electron chi connectivity index (χ2n) is 6.47. The summed E-state index contributed by atoms with van der Waals surface area (Å²) < 4.78 is 27.9. The molecule has 4 rings (SSSR count). The minimum absolute atomic E-state index is 0.0552. The first-order valence-electron chi connectivity index (χ1n) is 8.84. The first-order valence-corrected chi connectivity index (χ1v) is 11.2. The van der Waals surface area contributed by atoms with Gasteiger partial charge in [0, 0.05) is 18.9 Å². The standard InChI is InChI=1S/C20H17N3O4S2/c24-18-12-17(20(25)23(18)16-7-2-1-3-8-16)22(14-15-6-4-10-21-13-15)29(26,27)19-9-5-11-28-19/h1-11,13,17H,12,14H2. The molecule has 0 spiro atoms. The smallest absolute Gasteiger partial charge is 0.253 e. The van der Waals surface area contributed by atoms with Gasteiger partial charge in [-0.2, -0.15) is 4.31 Å². The fourth-order valence-corrected chi connectivity index (χ4v) is 5.94. The fourth-order valence-electron chi connectivity index (χ4n) is 3.25. The van der Waals surface area contributed by atoms with Gasteiger partial charge >= 0.3 is 0 Å². The van der Waals surface area contributed by atoms with Gasteiger partial charge < -0.3 is 0 Å². The first kappa shape index (κ1) is 19.4. The molecule has 1 fully saturated rings. The summed E-state index contributed by atoms with van der Waals surface area (Å²) >= 11 is 1.07. The number of imide groups is 1. The zero-order valence-corrected chi connectivity index (χ0v) is 16.8. The van der Waals surface area contributed by atoms with E-state index in [1.165, 1.54) is 6.07 Å². The van der Waals surface area contributed by atoms with Gasteiger partial charge in [0.15, 0.2) is 0 Å². The monoisotopic (exact) mass is 427 g/mol. The van der Waals surface area contributed by atoms with E-state index in [0.717, 1.165) is 20.5 Å². The molecule has 0 radical (unpaired) electrons. The van der Waals surface area contributed by atoms with Crippen molar-refractivity contribution < 1.29 is 18.0 Å². The third-order valence-electron chi connectivity index (χ3n) is 4.60. The number of rotatable bonds is 6. The molecule has 0 aliphatic carbocycles. The van der Waals surface area contributed by atoms with Crippen molar-refractivity contribution in [2.45, 2.75) is 23.2 Å². The third kappa shape index (κ3) is 3.71. The molecule has 148 valence electrons. The molecule has 0 saturated carbocycles. The first-order chi connectivity index (χ1) is 14.0. The Bertz CT molecular complexity index is 1120. The highest BCUT2D eigenvalue weighted by Crippen LogP contribution is 2.31. The second kappa shape index (κ2) is 7.86.